The normalized spacial score (nSPS) is 12.9. The average molecular weight is 259 g/mol. The summed E-state index contributed by atoms with van der Waals surface area (Å²) in [5, 5.41) is 10.8. The molecule has 15 heavy (non-hydrogen) atoms. The van der Waals surface area contributed by atoms with Crippen molar-refractivity contribution in [1.82, 2.24) is 15.0 Å². The molecule has 0 radical (unpaired) electrons. The minimum absolute atomic E-state index is 0.0697. The van der Waals surface area contributed by atoms with E-state index in [1.54, 1.807) is 0 Å². The third-order valence-electron chi connectivity index (χ3n) is 1.34. The lowest BCUT2D eigenvalue weighted by atomic mass is 10.4. The Bertz CT molecular complexity index is 321. The molecule has 84 valence electrons. The molecule has 5 nitrogen and oxygen atoms in total. The van der Waals surface area contributed by atoms with Crippen molar-refractivity contribution < 1.29 is 13.9 Å². The maximum atomic E-state index is 11.9. The molecule has 0 aliphatic carbocycles. The van der Waals surface area contributed by atoms with E-state index in [1.807, 2.05) is 0 Å². The van der Waals surface area contributed by atoms with Crippen molar-refractivity contribution in [2.45, 2.75) is 12.5 Å². The summed E-state index contributed by atoms with van der Waals surface area (Å²) in [6, 6.07) is 0. The summed E-state index contributed by atoms with van der Waals surface area (Å²) in [5.74, 6) is -0.0697. The van der Waals surface area contributed by atoms with Gasteiger partial charge in [0.2, 0.25) is 16.5 Å². The standard InChI is InChI=1S/C6H6Cl2F2N4O/c7-4-12-5(8)14-6(13-4)11-1-2(15)3(9)10/h2-3,15H,1H2,(H,11,12,13,14). The van der Waals surface area contributed by atoms with Gasteiger partial charge in [0.05, 0.1) is 0 Å². The molecule has 0 aliphatic rings. The Morgan fingerprint density at radius 1 is 1.20 bits per heavy atom. The second-order valence-corrected chi connectivity index (χ2v) is 3.16. The Kier molecular flexibility index (Phi) is 4.37. The third-order valence-corrected chi connectivity index (χ3v) is 1.68. The van der Waals surface area contributed by atoms with Gasteiger partial charge in [-0.3, -0.25) is 0 Å². The third kappa shape index (κ3) is 4.06. The summed E-state index contributed by atoms with van der Waals surface area (Å²) in [4.78, 5) is 10.6. The molecule has 0 amide bonds. The van der Waals surface area contributed by atoms with E-state index in [0.29, 0.717) is 0 Å². The molecule has 0 spiro atoms. The highest BCUT2D eigenvalue weighted by Crippen LogP contribution is 2.10. The Balaban J connectivity index is 2.57. The van der Waals surface area contributed by atoms with Gasteiger partial charge in [0.1, 0.15) is 6.10 Å². The molecule has 0 fully saturated rings. The van der Waals surface area contributed by atoms with Crippen LogP contribution in [0, 0.1) is 0 Å². The summed E-state index contributed by atoms with van der Waals surface area (Å²) < 4.78 is 23.8. The van der Waals surface area contributed by atoms with Gasteiger partial charge in [-0.2, -0.15) is 15.0 Å². The van der Waals surface area contributed by atoms with Crippen molar-refractivity contribution in [2.75, 3.05) is 11.9 Å². The van der Waals surface area contributed by atoms with Crippen LogP contribution in [0.15, 0.2) is 0 Å². The van der Waals surface area contributed by atoms with Crippen molar-refractivity contribution in [3.05, 3.63) is 10.6 Å². The molecule has 1 aromatic rings. The van der Waals surface area contributed by atoms with E-state index in [0.717, 1.165) is 0 Å². The number of aliphatic hydroxyl groups is 1. The summed E-state index contributed by atoms with van der Waals surface area (Å²) in [5.41, 5.74) is 0. The van der Waals surface area contributed by atoms with Crippen LogP contribution in [-0.4, -0.2) is 39.1 Å². The zero-order valence-corrected chi connectivity index (χ0v) is 8.67. The molecule has 1 aromatic heterocycles. The predicted octanol–water partition coefficient (Wildman–Crippen LogP) is 1.22. The van der Waals surface area contributed by atoms with Crippen LogP contribution in [0.2, 0.25) is 10.6 Å². The molecular formula is C6H6Cl2F2N4O. The van der Waals surface area contributed by atoms with Gasteiger partial charge < -0.3 is 10.4 Å². The van der Waals surface area contributed by atoms with Gasteiger partial charge in [0, 0.05) is 6.54 Å². The van der Waals surface area contributed by atoms with Gasteiger partial charge >= 0.3 is 0 Å². The van der Waals surface area contributed by atoms with Crippen LogP contribution >= 0.6 is 23.2 Å². The topological polar surface area (TPSA) is 70.9 Å². The maximum absolute atomic E-state index is 11.9. The fourth-order valence-corrected chi connectivity index (χ4v) is 1.05. The fourth-order valence-electron chi connectivity index (χ4n) is 0.690. The summed E-state index contributed by atoms with van der Waals surface area (Å²) in [6.07, 6.45) is -4.65. The van der Waals surface area contributed by atoms with Crippen molar-refractivity contribution >= 4 is 29.2 Å². The smallest absolute Gasteiger partial charge is 0.265 e. The Hall–Kier alpha value is -0.790. The van der Waals surface area contributed by atoms with E-state index in [1.165, 1.54) is 0 Å². The predicted molar refractivity (Wildman–Crippen MR) is 50.3 cm³/mol. The monoisotopic (exact) mass is 258 g/mol. The molecule has 1 heterocycles. The van der Waals surface area contributed by atoms with Crippen LogP contribution in [0.1, 0.15) is 0 Å². The van der Waals surface area contributed by atoms with E-state index in [9.17, 15) is 8.78 Å². The summed E-state index contributed by atoms with van der Waals surface area (Å²) in [6.45, 7) is -0.408. The highest BCUT2D eigenvalue weighted by molar-refractivity contribution is 6.31. The molecule has 0 saturated heterocycles. The van der Waals surface area contributed by atoms with Crippen molar-refractivity contribution in [2.24, 2.45) is 0 Å². The number of anilines is 1. The van der Waals surface area contributed by atoms with Crippen LogP contribution in [0.25, 0.3) is 0 Å². The number of rotatable bonds is 4. The lowest BCUT2D eigenvalue weighted by Gasteiger charge is -2.10. The lowest BCUT2D eigenvalue weighted by molar-refractivity contribution is 0.00376. The fraction of sp³-hybridized carbons (Fsp3) is 0.500. The van der Waals surface area contributed by atoms with Gasteiger partial charge in [-0.1, -0.05) is 0 Å². The maximum Gasteiger partial charge on any atom is 0.265 e. The van der Waals surface area contributed by atoms with Crippen LogP contribution in [0.4, 0.5) is 14.7 Å². The zero-order chi connectivity index (χ0) is 11.4. The molecule has 2 N–H and O–H groups in total. The van der Waals surface area contributed by atoms with Crippen LogP contribution < -0.4 is 5.32 Å². The van der Waals surface area contributed by atoms with Crippen LogP contribution in [-0.2, 0) is 0 Å². The van der Waals surface area contributed by atoms with Crippen molar-refractivity contribution in [3.63, 3.8) is 0 Å². The zero-order valence-electron chi connectivity index (χ0n) is 7.16. The molecule has 9 heteroatoms. The molecule has 0 saturated carbocycles. The SMILES string of the molecule is OC(CNc1nc(Cl)nc(Cl)n1)C(F)F. The number of alkyl halides is 2. The number of halogens is 4. The van der Waals surface area contributed by atoms with Gasteiger partial charge in [0.15, 0.2) is 0 Å². The molecule has 1 rings (SSSR count). The minimum atomic E-state index is -2.84. The molecular weight excluding hydrogens is 253 g/mol. The van der Waals surface area contributed by atoms with Crippen LogP contribution in [0.5, 0.6) is 0 Å². The lowest BCUT2D eigenvalue weighted by Crippen LogP contribution is -2.27. The number of aromatic nitrogens is 3. The van der Waals surface area contributed by atoms with Gasteiger partial charge in [0.25, 0.3) is 6.43 Å². The number of nitrogens with zero attached hydrogens (tertiary/aromatic N) is 3. The number of hydrogen-bond donors (Lipinski definition) is 2. The second-order valence-electron chi connectivity index (χ2n) is 2.48. The number of aliphatic hydroxyl groups excluding tert-OH is 1. The van der Waals surface area contributed by atoms with Crippen LogP contribution in [0.3, 0.4) is 0 Å². The van der Waals surface area contributed by atoms with E-state index < -0.39 is 19.1 Å². The average Bonchev–Trinajstić information content (AvgIpc) is 2.12. The highest BCUT2D eigenvalue weighted by Gasteiger charge is 2.16. The molecule has 0 aromatic carbocycles. The molecule has 0 aliphatic heterocycles. The van der Waals surface area contributed by atoms with Crippen molar-refractivity contribution in [3.8, 4) is 0 Å². The van der Waals surface area contributed by atoms with E-state index in [-0.39, 0.29) is 16.5 Å². The first-order valence-corrected chi connectivity index (χ1v) is 4.52. The Morgan fingerprint density at radius 3 is 2.20 bits per heavy atom. The van der Waals surface area contributed by atoms with E-state index in [4.69, 9.17) is 28.3 Å². The second kappa shape index (κ2) is 5.34. The number of nitrogens with one attached hydrogen (secondary N) is 1. The summed E-state index contributed by atoms with van der Waals surface area (Å²) >= 11 is 10.9. The quantitative estimate of drug-likeness (QED) is 0.850. The summed E-state index contributed by atoms with van der Waals surface area (Å²) in [7, 11) is 0. The molecule has 0 bridgehead atoms. The highest BCUT2D eigenvalue weighted by atomic mass is 35.5. The Labute approximate surface area is 93.5 Å². The number of hydrogen-bond acceptors (Lipinski definition) is 5. The van der Waals surface area contributed by atoms with E-state index >= 15 is 0 Å². The minimum Gasteiger partial charge on any atom is -0.385 e. The molecule has 1 atom stereocenters. The first-order chi connectivity index (χ1) is 6.99. The van der Waals surface area contributed by atoms with Gasteiger partial charge in [-0.05, 0) is 23.2 Å². The first kappa shape index (κ1) is 12.3. The molecule has 1 unspecified atom stereocenters. The van der Waals surface area contributed by atoms with E-state index in [2.05, 4.69) is 20.3 Å². The Morgan fingerprint density at radius 2 is 1.73 bits per heavy atom. The van der Waals surface area contributed by atoms with Crippen molar-refractivity contribution in [1.29, 1.82) is 0 Å². The largest absolute Gasteiger partial charge is 0.385 e. The van der Waals surface area contributed by atoms with Gasteiger partial charge in [-0.15, -0.1) is 0 Å². The first-order valence-electron chi connectivity index (χ1n) is 3.76. The van der Waals surface area contributed by atoms with Gasteiger partial charge in [-0.25, -0.2) is 8.78 Å².